The number of fused-ring (bicyclic) bond motifs is 2. The van der Waals surface area contributed by atoms with Crippen LogP contribution < -0.4 is 5.32 Å². The molecule has 0 spiro atoms. The number of nitrogens with one attached hydrogen (secondary N) is 1. The second kappa shape index (κ2) is 10.6. The molecule has 3 aromatic heterocycles. The SMILES string of the molecule is O=C(CSc1ncnc2sc(-c3ccccc3)cc12)Nc1sc2c(c1C(=O)c1ccccc1)CCCC2. The van der Waals surface area contributed by atoms with Gasteiger partial charge in [-0.15, -0.1) is 22.7 Å². The summed E-state index contributed by atoms with van der Waals surface area (Å²) < 4.78 is 0. The topological polar surface area (TPSA) is 72.0 Å². The maximum absolute atomic E-state index is 13.5. The molecule has 6 rings (SSSR count). The van der Waals surface area contributed by atoms with Gasteiger partial charge in [-0.1, -0.05) is 72.4 Å². The minimum Gasteiger partial charge on any atom is -0.316 e. The van der Waals surface area contributed by atoms with E-state index in [2.05, 4.69) is 33.5 Å². The van der Waals surface area contributed by atoms with E-state index in [0.29, 0.717) is 16.1 Å². The molecule has 0 unspecified atom stereocenters. The van der Waals surface area contributed by atoms with Crippen LogP contribution in [-0.2, 0) is 17.6 Å². The van der Waals surface area contributed by atoms with E-state index >= 15 is 0 Å². The minimum absolute atomic E-state index is 0.0211. The summed E-state index contributed by atoms with van der Waals surface area (Å²) in [5, 5.41) is 5.47. The van der Waals surface area contributed by atoms with Crippen molar-refractivity contribution in [1.82, 2.24) is 9.97 Å². The highest BCUT2D eigenvalue weighted by Gasteiger charge is 2.27. The first-order valence-corrected chi connectivity index (χ1v) is 14.8. The number of thiophene rings is 2. The monoisotopic (exact) mass is 541 g/mol. The van der Waals surface area contributed by atoms with E-state index in [1.807, 2.05) is 48.5 Å². The van der Waals surface area contributed by atoms with Crippen molar-refractivity contribution in [3.8, 4) is 10.4 Å². The summed E-state index contributed by atoms with van der Waals surface area (Å²) in [6, 6.07) is 21.6. The summed E-state index contributed by atoms with van der Waals surface area (Å²) in [6.07, 6.45) is 5.58. The van der Waals surface area contributed by atoms with Gasteiger partial charge in [0, 0.05) is 20.7 Å². The summed E-state index contributed by atoms with van der Waals surface area (Å²) in [7, 11) is 0. The molecule has 37 heavy (non-hydrogen) atoms. The van der Waals surface area contributed by atoms with E-state index in [9.17, 15) is 9.59 Å². The van der Waals surface area contributed by atoms with E-state index in [1.165, 1.54) is 16.6 Å². The lowest BCUT2D eigenvalue weighted by atomic mass is 9.92. The highest BCUT2D eigenvalue weighted by atomic mass is 32.2. The van der Waals surface area contributed by atoms with Crippen molar-refractivity contribution >= 4 is 61.3 Å². The molecule has 1 aliphatic rings. The Morgan fingerprint density at radius 3 is 2.49 bits per heavy atom. The number of carbonyl (C=O) groups excluding carboxylic acids is 2. The number of carbonyl (C=O) groups is 2. The molecule has 0 aliphatic heterocycles. The van der Waals surface area contributed by atoms with Gasteiger partial charge < -0.3 is 5.32 Å². The van der Waals surface area contributed by atoms with Gasteiger partial charge in [0.15, 0.2) is 5.78 Å². The highest BCUT2D eigenvalue weighted by Crippen LogP contribution is 2.40. The summed E-state index contributed by atoms with van der Waals surface area (Å²) in [6.45, 7) is 0. The predicted octanol–water partition coefficient (Wildman–Crippen LogP) is 7.26. The van der Waals surface area contributed by atoms with E-state index in [1.54, 1.807) is 29.0 Å². The molecule has 0 fully saturated rings. The Morgan fingerprint density at radius 1 is 0.919 bits per heavy atom. The second-order valence-electron chi connectivity index (χ2n) is 8.82. The highest BCUT2D eigenvalue weighted by molar-refractivity contribution is 8.00. The molecule has 0 radical (unpaired) electrons. The van der Waals surface area contributed by atoms with E-state index in [0.717, 1.165) is 56.9 Å². The third kappa shape index (κ3) is 4.97. The van der Waals surface area contributed by atoms with Crippen molar-refractivity contribution in [2.24, 2.45) is 0 Å². The van der Waals surface area contributed by atoms with Crippen molar-refractivity contribution in [2.45, 2.75) is 30.7 Å². The van der Waals surface area contributed by atoms with E-state index < -0.39 is 0 Å². The van der Waals surface area contributed by atoms with Crippen molar-refractivity contribution in [3.05, 3.63) is 94.6 Å². The normalized spacial score (nSPS) is 12.9. The van der Waals surface area contributed by atoms with Crippen LogP contribution in [0.1, 0.15) is 39.2 Å². The molecular weight excluding hydrogens is 519 g/mol. The van der Waals surface area contributed by atoms with Gasteiger partial charge in [0.1, 0.15) is 21.2 Å². The van der Waals surface area contributed by atoms with Crippen LogP contribution in [0.3, 0.4) is 0 Å². The van der Waals surface area contributed by atoms with Crippen LogP contribution >= 0.6 is 34.4 Å². The standard InChI is InChI=1S/C29H23N3O2S3/c33-24(16-35-27-21-15-23(18-9-3-1-4-10-18)37-28(21)31-17-30-27)32-29-25(20-13-7-8-14-22(20)36-29)26(34)19-11-5-2-6-12-19/h1-6,9-12,15,17H,7-8,13-14,16H2,(H,32,33). The number of aromatic nitrogens is 2. The molecule has 0 bridgehead atoms. The largest absolute Gasteiger partial charge is 0.316 e. The molecule has 0 atom stereocenters. The molecule has 0 saturated carbocycles. The molecule has 1 amide bonds. The fraction of sp³-hybridized carbons (Fsp3) is 0.172. The second-order valence-corrected chi connectivity index (χ2v) is 11.9. The summed E-state index contributed by atoms with van der Waals surface area (Å²) in [4.78, 5) is 38.7. The third-order valence-corrected chi connectivity index (χ3v) is 9.68. The van der Waals surface area contributed by atoms with Crippen LogP contribution in [0.25, 0.3) is 20.7 Å². The van der Waals surface area contributed by atoms with Crippen LogP contribution in [0.5, 0.6) is 0 Å². The fourth-order valence-corrected chi connectivity index (χ4v) is 7.76. The zero-order chi connectivity index (χ0) is 25.2. The molecule has 3 heterocycles. The lowest BCUT2D eigenvalue weighted by Gasteiger charge is -2.12. The maximum atomic E-state index is 13.5. The molecule has 1 aliphatic carbocycles. The number of benzene rings is 2. The molecule has 1 N–H and O–H groups in total. The molecule has 5 nitrogen and oxygen atoms in total. The van der Waals surface area contributed by atoms with Gasteiger partial charge in [-0.2, -0.15) is 0 Å². The van der Waals surface area contributed by atoms with Crippen LogP contribution in [0.4, 0.5) is 5.00 Å². The summed E-state index contributed by atoms with van der Waals surface area (Å²) in [5.41, 5.74) is 3.56. The van der Waals surface area contributed by atoms with Crippen LogP contribution in [-0.4, -0.2) is 27.4 Å². The Morgan fingerprint density at radius 2 is 1.68 bits per heavy atom. The number of ketones is 1. The number of rotatable bonds is 7. The van der Waals surface area contributed by atoms with Crippen LogP contribution in [0.2, 0.25) is 0 Å². The first kappa shape index (κ1) is 24.0. The summed E-state index contributed by atoms with van der Waals surface area (Å²) in [5.74, 6) is 0.0348. The first-order chi connectivity index (χ1) is 18.2. The lowest BCUT2D eigenvalue weighted by Crippen LogP contribution is -2.16. The van der Waals surface area contributed by atoms with Crippen molar-refractivity contribution in [3.63, 3.8) is 0 Å². The number of anilines is 1. The van der Waals surface area contributed by atoms with Gasteiger partial charge in [-0.3, -0.25) is 9.59 Å². The van der Waals surface area contributed by atoms with Gasteiger partial charge in [-0.25, -0.2) is 9.97 Å². The molecule has 8 heteroatoms. The number of hydrogen-bond acceptors (Lipinski definition) is 7. The summed E-state index contributed by atoms with van der Waals surface area (Å²) >= 11 is 4.57. The van der Waals surface area contributed by atoms with Crippen molar-refractivity contribution in [1.29, 1.82) is 0 Å². The Bertz CT molecular complexity index is 1590. The van der Waals surface area contributed by atoms with Gasteiger partial charge in [0.25, 0.3) is 0 Å². The van der Waals surface area contributed by atoms with Crippen LogP contribution in [0.15, 0.2) is 78.1 Å². The van der Waals surface area contributed by atoms with E-state index in [4.69, 9.17) is 0 Å². The Hall–Kier alpha value is -3.33. The first-order valence-electron chi connectivity index (χ1n) is 12.1. The van der Waals surface area contributed by atoms with Gasteiger partial charge in [0.05, 0.1) is 11.3 Å². The van der Waals surface area contributed by atoms with Gasteiger partial charge in [-0.05, 0) is 42.9 Å². The maximum Gasteiger partial charge on any atom is 0.235 e. The number of hydrogen-bond donors (Lipinski definition) is 1. The Balaban J connectivity index is 1.22. The van der Waals surface area contributed by atoms with Crippen LogP contribution in [0, 0.1) is 0 Å². The molecule has 5 aromatic rings. The Kier molecular flexibility index (Phi) is 6.87. The smallest absolute Gasteiger partial charge is 0.235 e. The number of nitrogens with zero attached hydrogens (tertiary/aromatic N) is 2. The van der Waals surface area contributed by atoms with Crippen molar-refractivity contribution in [2.75, 3.05) is 11.1 Å². The zero-order valence-corrected chi connectivity index (χ0v) is 22.3. The number of amides is 1. The number of thioether (sulfide) groups is 1. The average molecular weight is 542 g/mol. The number of aryl methyl sites for hydroxylation is 1. The van der Waals surface area contributed by atoms with Gasteiger partial charge >= 0.3 is 0 Å². The molecular formula is C29H23N3O2S3. The predicted molar refractivity (Wildman–Crippen MR) is 153 cm³/mol. The molecule has 2 aromatic carbocycles. The Labute approximate surface area is 227 Å². The van der Waals surface area contributed by atoms with Gasteiger partial charge in [0.2, 0.25) is 5.91 Å². The third-order valence-electron chi connectivity index (χ3n) is 6.38. The molecule has 0 saturated heterocycles. The van der Waals surface area contributed by atoms with E-state index in [-0.39, 0.29) is 17.4 Å². The minimum atomic E-state index is -0.143. The van der Waals surface area contributed by atoms with Crippen molar-refractivity contribution < 1.29 is 9.59 Å². The average Bonchev–Trinajstić information content (AvgIpc) is 3.54. The quantitative estimate of drug-likeness (QED) is 0.133. The fourth-order valence-electron chi connectivity index (χ4n) is 4.62. The zero-order valence-electron chi connectivity index (χ0n) is 19.9. The lowest BCUT2D eigenvalue weighted by molar-refractivity contribution is -0.113. The molecule has 184 valence electrons.